The van der Waals surface area contributed by atoms with Crippen molar-refractivity contribution in [2.75, 3.05) is 10.6 Å². The summed E-state index contributed by atoms with van der Waals surface area (Å²) in [6.07, 6.45) is 3.30. The summed E-state index contributed by atoms with van der Waals surface area (Å²) in [4.78, 5) is 15.9. The molecular formula is C15H18N4O. The zero-order valence-corrected chi connectivity index (χ0v) is 11.6. The lowest BCUT2D eigenvalue weighted by Crippen LogP contribution is -2.20. The van der Waals surface area contributed by atoms with Crippen molar-refractivity contribution < 1.29 is 4.79 Å². The van der Waals surface area contributed by atoms with Crippen molar-refractivity contribution in [3.05, 3.63) is 53.9 Å². The van der Waals surface area contributed by atoms with E-state index in [2.05, 4.69) is 15.6 Å². The highest BCUT2D eigenvalue weighted by molar-refractivity contribution is 6.00. The number of nitrogens with zero attached hydrogens (tertiary/aromatic N) is 1. The maximum absolute atomic E-state index is 11.9. The first-order chi connectivity index (χ1) is 9.56. The van der Waals surface area contributed by atoms with Crippen molar-refractivity contribution in [2.24, 2.45) is 5.73 Å². The van der Waals surface area contributed by atoms with E-state index in [4.69, 9.17) is 5.73 Å². The molecule has 2 rings (SSSR count). The van der Waals surface area contributed by atoms with Crippen LogP contribution in [-0.2, 0) is 0 Å². The van der Waals surface area contributed by atoms with Crippen LogP contribution in [0.3, 0.4) is 0 Å². The van der Waals surface area contributed by atoms with E-state index in [-0.39, 0.29) is 12.1 Å². The molecule has 0 aliphatic carbocycles. The zero-order chi connectivity index (χ0) is 14.5. The van der Waals surface area contributed by atoms with Gasteiger partial charge in [-0.15, -0.1) is 0 Å². The molecule has 1 aromatic heterocycles. The number of nitrogens with two attached hydrogens (primary N) is 1. The number of urea groups is 1. The van der Waals surface area contributed by atoms with Crippen LogP contribution in [0.1, 0.15) is 24.1 Å². The van der Waals surface area contributed by atoms with Gasteiger partial charge in [0.25, 0.3) is 0 Å². The zero-order valence-electron chi connectivity index (χ0n) is 11.6. The van der Waals surface area contributed by atoms with E-state index < -0.39 is 0 Å². The topological polar surface area (TPSA) is 80.0 Å². The summed E-state index contributed by atoms with van der Waals surface area (Å²) in [7, 11) is 0. The van der Waals surface area contributed by atoms with Crippen molar-refractivity contribution in [3.63, 3.8) is 0 Å². The highest BCUT2D eigenvalue weighted by Gasteiger charge is 2.05. The van der Waals surface area contributed by atoms with Gasteiger partial charge in [-0.3, -0.25) is 4.98 Å². The number of benzene rings is 1. The lowest BCUT2D eigenvalue weighted by atomic mass is 10.1. The van der Waals surface area contributed by atoms with E-state index in [1.54, 1.807) is 12.4 Å². The van der Waals surface area contributed by atoms with E-state index >= 15 is 0 Å². The van der Waals surface area contributed by atoms with Crippen LogP contribution in [0.15, 0.2) is 42.7 Å². The maximum atomic E-state index is 11.9. The number of pyridine rings is 1. The number of aromatic nitrogens is 1. The standard InChI is InChI=1S/C15H18N4O/c1-10-7-8-17-9-14(10)19-15(20)18-13-5-3-12(4-6-13)11(2)16/h3-9,11H,16H2,1-2H3,(H2,18,19,20). The van der Waals surface area contributed by atoms with Crippen LogP contribution in [0.4, 0.5) is 16.2 Å². The SMILES string of the molecule is Cc1ccncc1NC(=O)Nc1ccc(C(C)N)cc1. The van der Waals surface area contributed by atoms with Crippen LogP contribution in [0.25, 0.3) is 0 Å². The van der Waals surface area contributed by atoms with Crippen molar-refractivity contribution >= 4 is 17.4 Å². The molecule has 0 fully saturated rings. The van der Waals surface area contributed by atoms with Crippen LogP contribution < -0.4 is 16.4 Å². The summed E-state index contributed by atoms with van der Waals surface area (Å²) in [5.74, 6) is 0. The Balaban J connectivity index is 1.99. The Labute approximate surface area is 118 Å². The molecule has 0 saturated heterocycles. The second-order valence-electron chi connectivity index (χ2n) is 4.68. The predicted molar refractivity (Wildman–Crippen MR) is 80.7 cm³/mol. The van der Waals surface area contributed by atoms with Gasteiger partial charge in [0.1, 0.15) is 0 Å². The minimum Gasteiger partial charge on any atom is -0.324 e. The lowest BCUT2D eigenvalue weighted by molar-refractivity contribution is 0.262. The number of amides is 2. The molecule has 1 unspecified atom stereocenters. The molecule has 2 aromatic rings. The number of aryl methyl sites for hydroxylation is 1. The average Bonchev–Trinajstić information content (AvgIpc) is 2.42. The highest BCUT2D eigenvalue weighted by atomic mass is 16.2. The number of carbonyl (C=O) groups is 1. The summed E-state index contributed by atoms with van der Waals surface area (Å²) in [6, 6.07) is 8.98. The smallest absolute Gasteiger partial charge is 0.323 e. The minimum atomic E-state index is -0.297. The Bertz CT molecular complexity index is 593. The third-order valence-corrected chi connectivity index (χ3v) is 2.98. The molecule has 1 aromatic carbocycles. The Hall–Kier alpha value is -2.40. The number of rotatable bonds is 3. The van der Waals surface area contributed by atoms with Gasteiger partial charge in [0.2, 0.25) is 0 Å². The first kappa shape index (κ1) is 14.0. The van der Waals surface area contributed by atoms with E-state index in [1.165, 1.54) is 0 Å². The third kappa shape index (κ3) is 3.55. The summed E-state index contributed by atoms with van der Waals surface area (Å²) >= 11 is 0. The van der Waals surface area contributed by atoms with Gasteiger partial charge >= 0.3 is 6.03 Å². The molecule has 104 valence electrons. The first-order valence-corrected chi connectivity index (χ1v) is 6.40. The number of hydrogen-bond acceptors (Lipinski definition) is 3. The van der Waals surface area contributed by atoms with Gasteiger partial charge in [0.05, 0.1) is 11.9 Å². The van der Waals surface area contributed by atoms with Crippen molar-refractivity contribution in [3.8, 4) is 0 Å². The van der Waals surface area contributed by atoms with Crippen molar-refractivity contribution in [2.45, 2.75) is 19.9 Å². The quantitative estimate of drug-likeness (QED) is 0.802. The van der Waals surface area contributed by atoms with Gasteiger partial charge in [-0.1, -0.05) is 12.1 Å². The van der Waals surface area contributed by atoms with Gasteiger partial charge < -0.3 is 16.4 Å². The predicted octanol–water partition coefficient (Wildman–Crippen LogP) is 3.05. The molecule has 0 aliphatic rings. The summed E-state index contributed by atoms with van der Waals surface area (Å²) in [5, 5.41) is 5.52. The fourth-order valence-electron chi connectivity index (χ4n) is 1.75. The molecule has 0 spiro atoms. The maximum Gasteiger partial charge on any atom is 0.323 e. The van der Waals surface area contributed by atoms with E-state index in [1.807, 2.05) is 44.2 Å². The first-order valence-electron chi connectivity index (χ1n) is 6.40. The largest absolute Gasteiger partial charge is 0.324 e. The molecule has 0 bridgehead atoms. The molecule has 20 heavy (non-hydrogen) atoms. The fraction of sp³-hybridized carbons (Fsp3) is 0.200. The van der Waals surface area contributed by atoms with E-state index in [9.17, 15) is 4.79 Å². The molecule has 0 aliphatic heterocycles. The average molecular weight is 270 g/mol. The van der Waals surface area contributed by atoms with Crippen LogP contribution in [0.2, 0.25) is 0 Å². The Morgan fingerprint density at radius 2 is 1.90 bits per heavy atom. The van der Waals surface area contributed by atoms with E-state index in [0.717, 1.165) is 11.1 Å². The van der Waals surface area contributed by atoms with Crippen molar-refractivity contribution in [1.29, 1.82) is 0 Å². The minimum absolute atomic E-state index is 0.0177. The van der Waals surface area contributed by atoms with Crippen LogP contribution in [0, 0.1) is 6.92 Å². The molecule has 5 heteroatoms. The number of carbonyl (C=O) groups excluding carboxylic acids is 1. The van der Waals surface area contributed by atoms with E-state index in [0.29, 0.717) is 11.4 Å². The monoisotopic (exact) mass is 270 g/mol. The van der Waals surface area contributed by atoms with Gasteiger partial charge in [-0.25, -0.2) is 4.79 Å². The lowest BCUT2D eigenvalue weighted by Gasteiger charge is -2.10. The molecule has 2 amide bonds. The second-order valence-corrected chi connectivity index (χ2v) is 4.68. The third-order valence-electron chi connectivity index (χ3n) is 2.98. The number of nitrogens with one attached hydrogen (secondary N) is 2. The fourth-order valence-corrected chi connectivity index (χ4v) is 1.75. The van der Waals surface area contributed by atoms with Crippen molar-refractivity contribution in [1.82, 2.24) is 4.98 Å². The molecule has 4 N–H and O–H groups in total. The normalized spacial score (nSPS) is 11.8. The van der Waals surface area contributed by atoms with Gasteiger partial charge in [-0.2, -0.15) is 0 Å². The molecule has 0 saturated carbocycles. The highest BCUT2D eigenvalue weighted by Crippen LogP contribution is 2.15. The summed E-state index contributed by atoms with van der Waals surface area (Å²) in [5.41, 5.74) is 9.17. The van der Waals surface area contributed by atoms with Gasteiger partial charge in [-0.05, 0) is 43.2 Å². The Morgan fingerprint density at radius 1 is 1.20 bits per heavy atom. The number of anilines is 2. The summed E-state index contributed by atoms with van der Waals surface area (Å²) < 4.78 is 0. The molecule has 1 atom stereocenters. The van der Waals surface area contributed by atoms with Crippen LogP contribution >= 0.6 is 0 Å². The number of hydrogen-bond donors (Lipinski definition) is 3. The molecule has 0 radical (unpaired) electrons. The summed E-state index contributed by atoms with van der Waals surface area (Å²) in [6.45, 7) is 3.83. The molecule has 1 heterocycles. The van der Waals surface area contributed by atoms with Gasteiger partial charge in [0.15, 0.2) is 0 Å². The second kappa shape index (κ2) is 6.16. The molecular weight excluding hydrogens is 252 g/mol. The van der Waals surface area contributed by atoms with Crippen LogP contribution in [-0.4, -0.2) is 11.0 Å². The Morgan fingerprint density at radius 3 is 2.50 bits per heavy atom. The van der Waals surface area contributed by atoms with Crippen LogP contribution in [0.5, 0.6) is 0 Å². The molecule has 5 nitrogen and oxygen atoms in total. The van der Waals surface area contributed by atoms with Gasteiger partial charge in [0, 0.05) is 17.9 Å². The Kier molecular flexibility index (Phi) is 4.32.